The number of hydrogen-bond acceptors (Lipinski definition) is 5. The van der Waals surface area contributed by atoms with Gasteiger partial charge in [0.05, 0.1) is 48.2 Å². The van der Waals surface area contributed by atoms with E-state index in [1.165, 1.54) is 0 Å². The topological polar surface area (TPSA) is 67.2 Å². The van der Waals surface area contributed by atoms with Crippen molar-refractivity contribution in [2.24, 2.45) is 0 Å². The molecular weight excluding hydrogens is 417 g/mol. The number of nitrogens with one attached hydrogen (secondary N) is 1. The molecule has 1 aliphatic carbocycles. The molecule has 0 bridgehead atoms. The van der Waals surface area contributed by atoms with Gasteiger partial charge in [-0.2, -0.15) is 5.26 Å². The van der Waals surface area contributed by atoms with Crippen LogP contribution in [0.2, 0.25) is 5.02 Å². The number of fused-ring (bicyclic) bond motifs is 1. The Kier molecular flexibility index (Phi) is 6.55. The molecule has 3 aromatic rings. The number of halogens is 2. The molecule has 0 aliphatic heterocycles. The molecule has 0 atom stereocenters. The number of alkyl halides is 1. The van der Waals surface area contributed by atoms with Crippen LogP contribution in [-0.4, -0.2) is 25.4 Å². The Morgan fingerprint density at radius 3 is 2.81 bits per heavy atom. The van der Waals surface area contributed by atoms with Crippen LogP contribution in [0.5, 0.6) is 5.75 Å². The fourth-order valence-corrected chi connectivity index (χ4v) is 3.99. The van der Waals surface area contributed by atoms with Crippen LogP contribution in [0.15, 0.2) is 36.5 Å². The summed E-state index contributed by atoms with van der Waals surface area (Å²) in [6, 6.07) is 11.7. The standard InChI is InChI=1S/C24H23ClFN3O2/c1-30-22-5-2-15(10-21(22)25)12-28-23-18(14-31-7-6-26)13-29-24-19(17-3-4-17)8-16(11-27)9-20(23)24/h2,5,8-10,13,17H,3-4,6-7,12,14H2,1H3,(H,28,29). The molecule has 160 valence electrons. The Bertz CT molecular complexity index is 1140. The maximum atomic E-state index is 12.6. The fraction of sp³-hybridized carbons (Fsp3) is 0.333. The van der Waals surface area contributed by atoms with E-state index in [2.05, 4.69) is 16.4 Å². The van der Waals surface area contributed by atoms with E-state index >= 15 is 0 Å². The molecule has 1 fully saturated rings. The fourth-order valence-electron chi connectivity index (χ4n) is 3.71. The van der Waals surface area contributed by atoms with Gasteiger partial charge in [-0.05, 0) is 54.2 Å². The second-order valence-corrected chi connectivity index (χ2v) is 7.98. The summed E-state index contributed by atoms with van der Waals surface area (Å²) < 4.78 is 23.2. The summed E-state index contributed by atoms with van der Waals surface area (Å²) in [6.07, 6.45) is 4.00. The van der Waals surface area contributed by atoms with Gasteiger partial charge in [-0.1, -0.05) is 17.7 Å². The van der Waals surface area contributed by atoms with Crippen molar-refractivity contribution >= 4 is 28.2 Å². The van der Waals surface area contributed by atoms with Gasteiger partial charge in [0.15, 0.2) is 0 Å². The minimum atomic E-state index is -0.543. The average Bonchev–Trinajstić information content (AvgIpc) is 3.63. The number of hydrogen-bond donors (Lipinski definition) is 1. The third-order valence-corrected chi connectivity index (χ3v) is 5.69. The van der Waals surface area contributed by atoms with Crippen molar-refractivity contribution < 1.29 is 13.9 Å². The summed E-state index contributed by atoms with van der Waals surface area (Å²) in [5.74, 6) is 1.07. The lowest BCUT2D eigenvalue weighted by atomic mass is 9.99. The predicted octanol–water partition coefficient (Wildman–Crippen LogP) is 5.74. The molecule has 31 heavy (non-hydrogen) atoms. The zero-order valence-electron chi connectivity index (χ0n) is 17.3. The van der Waals surface area contributed by atoms with Crippen LogP contribution in [0.25, 0.3) is 10.9 Å². The monoisotopic (exact) mass is 439 g/mol. The highest BCUT2D eigenvalue weighted by Gasteiger charge is 2.27. The molecule has 1 aromatic heterocycles. The Morgan fingerprint density at radius 1 is 1.29 bits per heavy atom. The highest BCUT2D eigenvalue weighted by molar-refractivity contribution is 6.32. The van der Waals surface area contributed by atoms with Crippen LogP contribution >= 0.6 is 11.6 Å². The second kappa shape index (κ2) is 9.51. The second-order valence-electron chi connectivity index (χ2n) is 7.57. The number of rotatable bonds is 9. The first kappa shape index (κ1) is 21.4. The zero-order valence-corrected chi connectivity index (χ0v) is 18.0. The predicted molar refractivity (Wildman–Crippen MR) is 119 cm³/mol. The molecule has 4 rings (SSSR count). The van der Waals surface area contributed by atoms with Crippen molar-refractivity contribution in [3.63, 3.8) is 0 Å². The van der Waals surface area contributed by atoms with E-state index in [1.807, 2.05) is 30.3 Å². The molecule has 1 N–H and O–H groups in total. The van der Waals surface area contributed by atoms with Crippen molar-refractivity contribution in [2.45, 2.75) is 31.9 Å². The molecule has 2 aromatic carbocycles. The largest absolute Gasteiger partial charge is 0.495 e. The summed E-state index contributed by atoms with van der Waals surface area (Å²) in [6.45, 7) is 0.220. The summed E-state index contributed by atoms with van der Waals surface area (Å²) in [5, 5.41) is 14.5. The van der Waals surface area contributed by atoms with E-state index < -0.39 is 6.67 Å². The van der Waals surface area contributed by atoms with E-state index in [4.69, 9.17) is 21.1 Å². The van der Waals surface area contributed by atoms with Crippen molar-refractivity contribution in [1.82, 2.24) is 4.98 Å². The molecule has 7 heteroatoms. The summed E-state index contributed by atoms with van der Waals surface area (Å²) >= 11 is 6.27. The lowest BCUT2D eigenvalue weighted by Gasteiger charge is -2.17. The number of benzene rings is 2. The number of aromatic nitrogens is 1. The van der Waals surface area contributed by atoms with E-state index in [9.17, 15) is 9.65 Å². The highest BCUT2D eigenvalue weighted by Crippen LogP contribution is 2.44. The molecule has 0 radical (unpaired) electrons. The third-order valence-electron chi connectivity index (χ3n) is 5.39. The number of anilines is 1. The van der Waals surface area contributed by atoms with Gasteiger partial charge in [0.25, 0.3) is 0 Å². The van der Waals surface area contributed by atoms with Gasteiger partial charge < -0.3 is 14.8 Å². The number of ether oxygens (including phenoxy) is 2. The Hall–Kier alpha value is -2.88. The van der Waals surface area contributed by atoms with Crippen LogP contribution < -0.4 is 10.1 Å². The van der Waals surface area contributed by atoms with Crippen molar-refractivity contribution in [3.05, 3.63) is 63.8 Å². The Labute approximate surface area is 185 Å². The van der Waals surface area contributed by atoms with E-state index in [1.54, 1.807) is 13.3 Å². The molecule has 0 unspecified atom stereocenters. The van der Waals surface area contributed by atoms with Crippen LogP contribution in [0.3, 0.4) is 0 Å². The van der Waals surface area contributed by atoms with Crippen LogP contribution in [0, 0.1) is 11.3 Å². The number of nitrogens with zero attached hydrogens (tertiary/aromatic N) is 2. The highest BCUT2D eigenvalue weighted by atomic mass is 35.5. The van der Waals surface area contributed by atoms with Crippen LogP contribution in [0.4, 0.5) is 10.1 Å². The molecule has 0 saturated heterocycles. The van der Waals surface area contributed by atoms with Gasteiger partial charge in [-0.15, -0.1) is 0 Å². The number of methoxy groups -OCH3 is 1. The third kappa shape index (κ3) is 4.73. The van der Waals surface area contributed by atoms with Crippen molar-refractivity contribution in [2.75, 3.05) is 25.7 Å². The molecule has 5 nitrogen and oxygen atoms in total. The van der Waals surface area contributed by atoms with Crippen molar-refractivity contribution in [3.8, 4) is 11.8 Å². The van der Waals surface area contributed by atoms with Crippen LogP contribution in [-0.2, 0) is 17.9 Å². The normalized spacial score (nSPS) is 13.2. The first-order valence-electron chi connectivity index (χ1n) is 10.2. The minimum absolute atomic E-state index is 0.0249. The van der Waals surface area contributed by atoms with E-state index in [0.29, 0.717) is 28.8 Å². The van der Waals surface area contributed by atoms with Gasteiger partial charge in [-0.25, -0.2) is 4.39 Å². The van der Waals surface area contributed by atoms with Gasteiger partial charge >= 0.3 is 0 Å². The Morgan fingerprint density at radius 2 is 2.13 bits per heavy atom. The lowest BCUT2D eigenvalue weighted by Crippen LogP contribution is -2.07. The lowest BCUT2D eigenvalue weighted by molar-refractivity contribution is 0.107. The summed E-state index contributed by atoms with van der Waals surface area (Å²) in [5.41, 5.74) is 5.25. The average molecular weight is 440 g/mol. The first-order chi connectivity index (χ1) is 15.1. The smallest absolute Gasteiger partial charge is 0.137 e. The summed E-state index contributed by atoms with van der Waals surface area (Å²) in [7, 11) is 1.58. The van der Waals surface area contributed by atoms with Gasteiger partial charge in [0.1, 0.15) is 12.4 Å². The van der Waals surface area contributed by atoms with Gasteiger partial charge in [-0.3, -0.25) is 4.98 Å². The molecular formula is C24H23ClFN3O2. The minimum Gasteiger partial charge on any atom is -0.495 e. The molecule has 0 spiro atoms. The molecule has 0 amide bonds. The Balaban J connectivity index is 1.73. The van der Waals surface area contributed by atoms with E-state index in [-0.39, 0.29) is 13.2 Å². The van der Waals surface area contributed by atoms with Gasteiger partial charge in [0, 0.05) is 23.7 Å². The zero-order chi connectivity index (χ0) is 21.8. The maximum absolute atomic E-state index is 12.6. The number of pyridine rings is 1. The maximum Gasteiger partial charge on any atom is 0.137 e. The molecule has 1 aliphatic rings. The van der Waals surface area contributed by atoms with Gasteiger partial charge in [0.2, 0.25) is 0 Å². The molecule has 1 heterocycles. The quantitative estimate of drug-likeness (QED) is 0.430. The SMILES string of the molecule is COc1ccc(CNc2c(COCCF)cnc3c(C4CC4)cc(C#N)cc23)cc1Cl. The first-order valence-corrected chi connectivity index (χ1v) is 10.6. The number of nitriles is 1. The summed E-state index contributed by atoms with van der Waals surface area (Å²) in [4.78, 5) is 4.69. The van der Waals surface area contributed by atoms with E-state index in [0.717, 1.165) is 46.1 Å². The van der Waals surface area contributed by atoms with Crippen LogP contribution in [0.1, 0.15) is 41.0 Å². The van der Waals surface area contributed by atoms with Crippen molar-refractivity contribution in [1.29, 1.82) is 5.26 Å². The molecule has 1 saturated carbocycles.